The highest BCUT2D eigenvalue weighted by molar-refractivity contribution is 6.06. The molecule has 0 amide bonds. The Morgan fingerprint density at radius 1 is 0.780 bits per heavy atom. The molecule has 1 aliphatic heterocycles. The van der Waals surface area contributed by atoms with Crippen LogP contribution in [0.4, 0.5) is 0 Å². The van der Waals surface area contributed by atoms with Gasteiger partial charge in [0, 0.05) is 59.7 Å². The molecular weight excluding hydrogens is 615 g/mol. The van der Waals surface area contributed by atoms with E-state index < -0.39 is 0 Å². The fraction of sp³-hybridized carbons (Fsp3) is 0.364. The lowest BCUT2D eigenvalue weighted by atomic mass is 9.69. The van der Waals surface area contributed by atoms with Crippen molar-refractivity contribution >= 4 is 32.8 Å². The first-order chi connectivity index (χ1) is 24.2. The molecule has 6 nitrogen and oxygen atoms in total. The maximum absolute atomic E-state index is 6.58. The number of aryl methyl sites for hydroxylation is 5. The SMILES string of the molecule is CCCc1ccc2c(c1)oc1cc(-c3cc(C)c4ccccc4[n+]3CCCC3(CC)[n+]4ccccc4-c4nc(C)nn4C3(C)CC)c(C)cc12. The lowest BCUT2D eigenvalue weighted by molar-refractivity contribution is -0.776. The number of nitrogens with zero attached hydrogens (tertiary/aromatic N) is 5. The molecule has 0 aliphatic carbocycles. The van der Waals surface area contributed by atoms with Crippen LogP contribution in [-0.2, 0) is 24.0 Å². The van der Waals surface area contributed by atoms with E-state index in [-0.39, 0.29) is 11.1 Å². The summed E-state index contributed by atoms with van der Waals surface area (Å²) in [6, 6.07) is 29.1. The molecule has 7 aromatic rings. The highest BCUT2D eigenvalue weighted by atomic mass is 16.3. The first kappa shape index (κ1) is 32.4. The highest BCUT2D eigenvalue weighted by Gasteiger charge is 2.60. The normalized spacial score (nSPS) is 18.6. The summed E-state index contributed by atoms with van der Waals surface area (Å²) < 4.78 is 13.9. The fourth-order valence-corrected chi connectivity index (χ4v) is 9.20. The van der Waals surface area contributed by atoms with E-state index in [1.807, 2.05) is 6.92 Å². The first-order valence-electron chi connectivity index (χ1n) is 18.6. The molecule has 4 aromatic heterocycles. The zero-order chi connectivity index (χ0) is 34.8. The van der Waals surface area contributed by atoms with Gasteiger partial charge in [-0.2, -0.15) is 14.2 Å². The molecule has 5 heterocycles. The van der Waals surface area contributed by atoms with Crippen LogP contribution in [0.3, 0.4) is 0 Å². The Labute approximate surface area is 295 Å². The number of furan rings is 1. The van der Waals surface area contributed by atoms with Gasteiger partial charge in [0.1, 0.15) is 29.1 Å². The van der Waals surface area contributed by atoms with E-state index in [9.17, 15) is 0 Å². The van der Waals surface area contributed by atoms with Crippen LogP contribution in [-0.4, -0.2) is 14.8 Å². The number of benzene rings is 3. The Kier molecular flexibility index (Phi) is 7.89. The topological polar surface area (TPSA) is 51.6 Å². The quantitative estimate of drug-likeness (QED) is 0.145. The fourth-order valence-electron chi connectivity index (χ4n) is 9.20. The molecule has 2 unspecified atom stereocenters. The van der Waals surface area contributed by atoms with Crippen LogP contribution in [0.15, 0.2) is 89.5 Å². The van der Waals surface area contributed by atoms with Gasteiger partial charge in [0.15, 0.2) is 11.7 Å². The molecule has 0 radical (unpaired) electrons. The van der Waals surface area contributed by atoms with Crippen molar-refractivity contribution in [2.45, 2.75) is 105 Å². The number of aromatic nitrogens is 5. The Balaban J connectivity index is 1.24. The molecule has 0 saturated heterocycles. The summed E-state index contributed by atoms with van der Waals surface area (Å²) in [5, 5.41) is 8.71. The molecular formula is C44H49N5O+2. The van der Waals surface area contributed by atoms with Gasteiger partial charge in [0.05, 0.1) is 5.56 Å². The van der Waals surface area contributed by atoms with Crippen molar-refractivity contribution in [3.63, 3.8) is 0 Å². The molecule has 1 aliphatic rings. The van der Waals surface area contributed by atoms with Gasteiger partial charge in [-0.05, 0) is 87.6 Å². The standard InChI is InChI=1S/C44H49N5O/c1-8-16-32-20-21-34-36-25-29(4)35(28-41(36)50-40(34)27-32)39-26-30(5)33-17-11-12-18-37(33)47(39)23-15-22-44(10-3)43(7,9-2)49-42(45-31(6)46-49)38-19-13-14-24-48(38)44/h11-14,17-21,24-28H,8-10,15-16,22-23H2,1-7H3/q+2. The number of para-hydroxylation sites is 1. The van der Waals surface area contributed by atoms with Gasteiger partial charge in [0.25, 0.3) is 5.69 Å². The van der Waals surface area contributed by atoms with E-state index in [0.717, 1.165) is 73.6 Å². The van der Waals surface area contributed by atoms with Crippen LogP contribution in [0.1, 0.15) is 82.3 Å². The summed E-state index contributed by atoms with van der Waals surface area (Å²) in [5.41, 5.74) is 10.3. The molecule has 50 heavy (non-hydrogen) atoms. The van der Waals surface area contributed by atoms with Gasteiger partial charge in [-0.3, -0.25) is 0 Å². The molecule has 254 valence electrons. The van der Waals surface area contributed by atoms with Crippen molar-refractivity contribution in [1.29, 1.82) is 0 Å². The third kappa shape index (κ3) is 4.74. The molecule has 3 aromatic carbocycles. The third-order valence-electron chi connectivity index (χ3n) is 11.9. The van der Waals surface area contributed by atoms with Gasteiger partial charge in [0.2, 0.25) is 17.0 Å². The van der Waals surface area contributed by atoms with Crippen LogP contribution < -0.4 is 9.13 Å². The van der Waals surface area contributed by atoms with Crippen molar-refractivity contribution in [3.05, 3.63) is 108 Å². The maximum Gasteiger partial charge on any atom is 0.250 e. The Hall–Kier alpha value is -4.84. The van der Waals surface area contributed by atoms with Crippen LogP contribution in [0.5, 0.6) is 0 Å². The van der Waals surface area contributed by atoms with Crippen molar-refractivity contribution < 1.29 is 13.6 Å². The average Bonchev–Trinajstić information content (AvgIpc) is 3.70. The van der Waals surface area contributed by atoms with Gasteiger partial charge in [-0.25, -0.2) is 9.67 Å². The largest absolute Gasteiger partial charge is 0.456 e. The Morgan fingerprint density at radius 3 is 2.38 bits per heavy atom. The average molecular weight is 664 g/mol. The minimum atomic E-state index is -0.236. The smallest absolute Gasteiger partial charge is 0.250 e. The summed E-state index contributed by atoms with van der Waals surface area (Å²) in [5.74, 6) is 1.79. The molecule has 2 atom stereocenters. The number of hydrogen-bond donors (Lipinski definition) is 0. The van der Waals surface area contributed by atoms with Gasteiger partial charge < -0.3 is 4.42 Å². The number of pyridine rings is 2. The van der Waals surface area contributed by atoms with E-state index in [2.05, 4.69) is 140 Å². The molecule has 0 bridgehead atoms. The van der Waals surface area contributed by atoms with Crippen molar-refractivity contribution in [2.24, 2.45) is 0 Å². The van der Waals surface area contributed by atoms with Crippen LogP contribution in [0, 0.1) is 20.8 Å². The lowest BCUT2D eigenvalue weighted by Gasteiger charge is -2.46. The van der Waals surface area contributed by atoms with Crippen molar-refractivity contribution in [1.82, 2.24) is 14.8 Å². The number of hydrogen-bond acceptors (Lipinski definition) is 3. The summed E-state index contributed by atoms with van der Waals surface area (Å²) in [4.78, 5) is 4.93. The van der Waals surface area contributed by atoms with Gasteiger partial charge in [-0.15, -0.1) is 0 Å². The second-order valence-corrected chi connectivity index (χ2v) is 14.7. The van der Waals surface area contributed by atoms with Crippen LogP contribution in [0.25, 0.3) is 55.6 Å². The molecule has 6 heteroatoms. The van der Waals surface area contributed by atoms with Gasteiger partial charge >= 0.3 is 0 Å². The molecule has 8 rings (SSSR count). The Morgan fingerprint density at radius 2 is 1.58 bits per heavy atom. The van der Waals surface area contributed by atoms with Crippen molar-refractivity contribution in [3.8, 4) is 22.8 Å². The van der Waals surface area contributed by atoms with E-state index in [1.165, 1.54) is 49.6 Å². The van der Waals surface area contributed by atoms with E-state index in [0.29, 0.717) is 0 Å². The summed E-state index contributed by atoms with van der Waals surface area (Å²) in [7, 11) is 0. The molecule has 0 saturated carbocycles. The second kappa shape index (κ2) is 12.2. The minimum absolute atomic E-state index is 0.174. The molecule has 0 fully saturated rings. The monoisotopic (exact) mass is 663 g/mol. The van der Waals surface area contributed by atoms with E-state index in [4.69, 9.17) is 14.5 Å². The Bertz CT molecular complexity index is 2420. The maximum atomic E-state index is 6.58. The predicted molar refractivity (Wildman–Crippen MR) is 202 cm³/mol. The molecule has 0 spiro atoms. The van der Waals surface area contributed by atoms with E-state index >= 15 is 0 Å². The van der Waals surface area contributed by atoms with Crippen molar-refractivity contribution in [2.75, 3.05) is 0 Å². The summed E-state index contributed by atoms with van der Waals surface area (Å²) in [6.45, 7) is 16.7. The zero-order valence-electron chi connectivity index (χ0n) is 30.7. The van der Waals surface area contributed by atoms with Crippen LogP contribution >= 0.6 is 0 Å². The summed E-state index contributed by atoms with van der Waals surface area (Å²) >= 11 is 0. The molecule has 0 N–H and O–H groups in total. The summed E-state index contributed by atoms with van der Waals surface area (Å²) in [6.07, 6.45) is 8.42. The zero-order valence-corrected chi connectivity index (χ0v) is 30.7. The first-order valence-corrected chi connectivity index (χ1v) is 18.6. The number of rotatable bonds is 9. The van der Waals surface area contributed by atoms with Gasteiger partial charge in [-0.1, -0.05) is 51.5 Å². The number of fused-ring (bicyclic) bond motifs is 7. The highest BCUT2D eigenvalue weighted by Crippen LogP contribution is 2.46. The second-order valence-electron chi connectivity index (χ2n) is 14.7. The third-order valence-corrected chi connectivity index (χ3v) is 11.9. The van der Waals surface area contributed by atoms with E-state index in [1.54, 1.807) is 0 Å². The predicted octanol–water partition coefficient (Wildman–Crippen LogP) is 9.84. The van der Waals surface area contributed by atoms with Crippen LogP contribution in [0.2, 0.25) is 0 Å². The lowest BCUT2D eigenvalue weighted by Crippen LogP contribution is -2.71. The minimum Gasteiger partial charge on any atom is -0.456 e.